The number of hydrogen-bond donors (Lipinski definition) is 0. The van der Waals surface area contributed by atoms with E-state index < -0.39 is 0 Å². The van der Waals surface area contributed by atoms with E-state index in [2.05, 4.69) is 21.0 Å². The van der Waals surface area contributed by atoms with Crippen molar-refractivity contribution in [2.45, 2.75) is 12.5 Å². The Hall–Kier alpha value is -3.28. The molecule has 6 nitrogen and oxygen atoms in total. The molecule has 1 amide bonds. The largest absolute Gasteiger partial charge is 0.488 e. The van der Waals surface area contributed by atoms with Gasteiger partial charge in [0.25, 0.3) is 5.91 Å². The van der Waals surface area contributed by atoms with Crippen molar-refractivity contribution in [3.63, 3.8) is 0 Å². The van der Waals surface area contributed by atoms with Crippen LogP contribution in [-0.4, -0.2) is 45.5 Å². The Balaban J connectivity index is 1.46. The van der Waals surface area contributed by atoms with Gasteiger partial charge in [-0.25, -0.2) is 9.97 Å². The number of rotatable bonds is 4. The lowest BCUT2D eigenvalue weighted by Crippen LogP contribution is -2.36. The number of carbonyl (C=O) groups is 1. The predicted molar refractivity (Wildman–Crippen MR) is 96.8 cm³/mol. The summed E-state index contributed by atoms with van der Waals surface area (Å²) in [6, 6.07) is 11.5. The van der Waals surface area contributed by atoms with Crippen LogP contribution in [0.3, 0.4) is 0 Å². The standard InChI is InChI=1S/C20H18N4O2/c1-24(12-17-8-14-4-2-3-5-19(14)26-17)20(25)15-6-7-23-18(9-15)16-10-21-13-22-11-16/h2-7,9-11,13,17H,8,12H2,1H3. The van der Waals surface area contributed by atoms with Crippen molar-refractivity contribution in [2.24, 2.45) is 0 Å². The maximum absolute atomic E-state index is 12.8. The van der Waals surface area contributed by atoms with Crippen LogP contribution >= 0.6 is 0 Å². The highest BCUT2D eigenvalue weighted by molar-refractivity contribution is 5.95. The number of aromatic nitrogens is 3. The monoisotopic (exact) mass is 346 g/mol. The Bertz CT molecular complexity index is 905. The van der Waals surface area contributed by atoms with Crippen molar-refractivity contribution in [1.82, 2.24) is 19.9 Å². The molecule has 0 saturated carbocycles. The number of hydrogen-bond acceptors (Lipinski definition) is 5. The fraction of sp³-hybridized carbons (Fsp3) is 0.200. The minimum atomic E-state index is -0.0648. The molecule has 0 radical (unpaired) electrons. The molecule has 1 atom stereocenters. The van der Waals surface area contributed by atoms with E-state index in [0.29, 0.717) is 17.8 Å². The van der Waals surface area contributed by atoms with Crippen LogP contribution in [0.1, 0.15) is 15.9 Å². The molecule has 0 saturated heterocycles. The van der Waals surface area contributed by atoms with Crippen molar-refractivity contribution < 1.29 is 9.53 Å². The first-order valence-electron chi connectivity index (χ1n) is 8.42. The zero-order chi connectivity index (χ0) is 17.9. The summed E-state index contributed by atoms with van der Waals surface area (Å²) in [5, 5.41) is 0. The van der Waals surface area contributed by atoms with E-state index in [4.69, 9.17) is 4.74 Å². The number of carbonyl (C=O) groups excluding carboxylic acids is 1. The number of amides is 1. The number of ether oxygens (including phenoxy) is 1. The molecule has 1 unspecified atom stereocenters. The topological polar surface area (TPSA) is 68.2 Å². The quantitative estimate of drug-likeness (QED) is 0.726. The lowest BCUT2D eigenvalue weighted by Gasteiger charge is -2.21. The summed E-state index contributed by atoms with van der Waals surface area (Å²) in [4.78, 5) is 26.8. The van der Waals surface area contributed by atoms with Crippen molar-refractivity contribution >= 4 is 5.91 Å². The second-order valence-electron chi connectivity index (χ2n) is 6.29. The van der Waals surface area contributed by atoms with Gasteiger partial charge in [-0.15, -0.1) is 0 Å². The summed E-state index contributed by atoms with van der Waals surface area (Å²) >= 11 is 0. The van der Waals surface area contributed by atoms with Crippen LogP contribution in [0.4, 0.5) is 0 Å². The summed E-state index contributed by atoms with van der Waals surface area (Å²) in [7, 11) is 1.79. The second-order valence-corrected chi connectivity index (χ2v) is 6.29. The average molecular weight is 346 g/mol. The molecule has 6 heteroatoms. The highest BCUT2D eigenvalue weighted by Crippen LogP contribution is 2.28. The average Bonchev–Trinajstić information content (AvgIpc) is 3.10. The van der Waals surface area contributed by atoms with Crippen LogP contribution in [0.5, 0.6) is 5.75 Å². The van der Waals surface area contributed by atoms with Crippen molar-refractivity contribution in [1.29, 1.82) is 0 Å². The van der Waals surface area contributed by atoms with E-state index in [1.807, 2.05) is 18.2 Å². The van der Waals surface area contributed by atoms with Crippen molar-refractivity contribution in [2.75, 3.05) is 13.6 Å². The number of para-hydroxylation sites is 1. The summed E-state index contributed by atoms with van der Waals surface area (Å²) in [5.41, 5.74) is 3.22. The van der Waals surface area contributed by atoms with Gasteiger partial charge in [-0.1, -0.05) is 18.2 Å². The van der Waals surface area contributed by atoms with Gasteiger partial charge in [0.05, 0.1) is 12.2 Å². The Morgan fingerprint density at radius 2 is 2.04 bits per heavy atom. The molecular formula is C20H18N4O2. The summed E-state index contributed by atoms with van der Waals surface area (Å²) in [6.45, 7) is 0.527. The number of pyridine rings is 1. The molecule has 1 aliphatic heterocycles. The smallest absolute Gasteiger partial charge is 0.253 e. The Morgan fingerprint density at radius 3 is 2.85 bits per heavy atom. The zero-order valence-corrected chi connectivity index (χ0v) is 14.4. The Labute approximate surface area is 151 Å². The molecule has 130 valence electrons. The van der Waals surface area contributed by atoms with E-state index in [9.17, 15) is 4.79 Å². The summed E-state index contributed by atoms with van der Waals surface area (Å²) in [6.07, 6.45) is 7.24. The van der Waals surface area contributed by atoms with Crippen LogP contribution < -0.4 is 4.74 Å². The van der Waals surface area contributed by atoms with Crippen LogP contribution in [0.25, 0.3) is 11.3 Å². The van der Waals surface area contributed by atoms with E-state index >= 15 is 0 Å². The van der Waals surface area contributed by atoms with E-state index in [1.165, 1.54) is 11.9 Å². The van der Waals surface area contributed by atoms with Gasteiger partial charge in [-0.2, -0.15) is 0 Å². The number of benzene rings is 1. The maximum atomic E-state index is 12.8. The molecule has 0 bridgehead atoms. The normalized spacial score (nSPS) is 15.2. The molecule has 0 spiro atoms. The lowest BCUT2D eigenvalue weighted by atomic mass is 10.1. The van der Waals surface area contributed by atoms with Gasteiger partial charge in [-0.05, 0) is 23.8 Å². The second kappa shape index (κ2) is 6.92. The lowest BCUT2D eigenvalue weighted by molar-refractivity contribution is 0.0730. The maximum Gasteiger partial charge on any atom is 0.253 e. The number of nitrogens with zero attached hydrogens (tertiary/aromatic N) is 4. The van der Waals surface area contributed by atoms with Gasteiger partial charge in [0.2, 0.25) is 0 Å². The molecule has 1 aliphatic rings. The highest BCUT2D eigenvalue weighted by Gasteiger charge is 2.25. The van der Waals surface area contributed by atoms with Gasteiger partial charge < -0.3 is 9.64 Å². The molecular weight excluding hydrogens is 328 g/mol. The molecule has 1 aromatic carbocycles. The molecule has 26 heavy (non-hydrogen) atoms. The molecule has 0 aliphatic carbocycles. The van der Waals surface area contributed by atoms with Crippen molar-refractivity contribution in [3.05, 3.63) is 72.4 Å². The summed E-state index contributed by atoms with van der Waals surface area (Å²) < 4.78 is 5.93. The minimum absolute atomic E-state index is 0.0230. The van der Waals surface area contributed by atoms with Gasteiger partial charge in [-0.3, -0.25) is 9.78 Å². The van der Waals surface area contributed by atoms with Gasteiger partial charge in [0.1, 0.15) is 18.2 Å². The third-order valence-corrected chi connectivity index (χ3v) is 4.40. The van der Waals surface area contributed by atoms with Gasteiger partial charge >= 0.3 is 0 Å². The number of likely N-dealkylation sites (N-methyl/N-ethyl adjacent to an activating group) is 1. The first kappa shape index (κ1) is 16.2. The first-order chi connectivity index (χ1) is 12.7. The molecule has 3 aromatic rings. The van der Waals surface area contributed by atoms with Crippen molar-refractivity contribution in [3.8, 4) is 17.0 Å². The van der Waals surface area contributed by atoms with Gasteiger partial charge in [0, 0.05) is 43.2 Å². The Morgan fingerprint density at radius 1 is 1.23 bits per heavy atom. The third kappa shape index (κ3) is 3.26. The van der Waals surface area contributed by atoms with Crippen LogP contribution in [0.2, 0.25) is 0 Å². The van der Waals surface area contributed by atoms with Crippen LogP contribution in [-0.2, 0) is 6.42 Å². The first-order valence-corrected chi connectivity index (χ1v) is 8.42. The van der Waals surface area contributed by atoms with Gasteiger partial charge in [0.15, 0.2) is 0 Å². The third-order valence-electron chi connectivity index (χ3n) is 4.40. The fourth-order valence-corrected chi connectivity index (χ4v) is 3.12. The molecule has 0 N–H and O–H groups in total. The van der Waals surface area contributed by atoms with E-state index in [1.54, 1.807) is 42.7 Å². The SMILES string of the molecule is CN(CC1Cc2ccccc2O1)C(=O)c1ccnc(-c2cncnc2)c1. The fourth-order valence-electron chi connectivity index (χ4n) is 3.12. The minimum Gasteiger partial charge on any atom is -0.488 e. The molecule has 3 heterocycles. The molecule has 2 aromatic heterocycles. The van der Waals surface area contributed by atoms with Crippen LogP contribution in [0.15, 0.2) is 61.3 Å². The van der Waals surface area contributed by atoms with Crippen LogP contribution in [0, 0.1) is 0 Å². The zero-order valence-electron chi connectivity index (χ0n) is 14.4. The Kier molecular flexibility index (Phi) is 4.31. The summed E-state index contributed by atoms with van der Waals surface area (Å²) in [5.74, 6) is 0.846. The predicted octanol–water partition coefficient (Wildman–Crippen LogP) is 2.61. The molecule has 0 fully saturated rings. The molecule has 4 rings (SSSR count). The highest BCUT2D eigenvalue weighted by atomic mass is 16.5. The number of fused-ring (bicyclic) bond motifs is 1. The van der Waals surface area contributed by atoms with E-state index in [-0.39, 0.29) is 12.0 Å². The van der Waals surface area contributed by atoms with E-state index in [0.717, 1.165) is 17.7 Å².